The Labute approximate surface area is 228 Å². The number of nitrogens with two attached hydrogens (primary N) is 1. The number of anilines is 3. The minimum Gasteiger partial charge on any atom is -0.369 e. The fourth-order valence-electron chi connectivity index (χ4n) is 4.84. The molecule has 4 rings (SSSR count). The Hall–Kier alpha value is -3.78. The maximum atomic E-state index is 13.5. The van der Waals surface area contributed by atoms with Crippen LogP contribution in [-0.4, -0.2) is 36.5 Å². The fourth-order valence-corrected chi connectivity index (χ4v) is 5.06. The number of nitrogens with one attached hydrogen (secondary N) is 2. The van der Waals surface area contributed by atoms with E-state index in [1.165, 1.54) is 0 Å². The van der Waals surface area contributed by atoms with Crippen molar-refractivity contribution in [1.82, 2.24) is 5.32 Å². The summed E-state index contributed by atoms with van der Waals surface area (Å²) in [7, 11) is 0. The lowest BCUT2D eigenvalue weighted by molar-refractivity contribution is -0.146. The molecule has 3 atom stereocenters. The number of carbonyl (C=O) groups excluding carboxylic acids is 3. The van der Waals surface area contributed by atoms with Gasteiger partial charge in [0.25, 0.3) is 0 Å². The number of para-hydroxylation sites is 1. The van der Waals surface area contributed by atoms with Crippen LogP contribution in [0.3, 0.4) is 0 Å². The molecular formula is C27H27ClF3N5O3. The average Bonchev–Trinajstić information content (AvgIpc) is 3.71. The Kier molecular flexibility index (Phi) is 8.35. The number of carbonyl (C=O) groups is 3. The molecule has 1 heterocycles. The van der Waals surface area contributed by atoms with Gasteiger partial charge in [0.2, 0.25) is 17.7 Å². The fraction of sp³-hybridized carbons (Fsp3) is 0.407. The lowest BCUT2D eigenvalue weighted by Crippen LogP contribution is -2.52. The van der Waals surface area contributed by atoms with E-state index >= 15 is 0 Å². The van der Waals surface area contributed by atoms with E-state index in [1.807, 2.05) is 0 Å². The zero-order chi connectivity index (χ0) is 28.3. The summed E-state index contributed by atoms with van der Waals surface area (Å²) >= 11 is 6.37. The Morgan fingerprint density at radius 2 is 1.92 bits per heavy atom. The average molecular weight is 562 g/mol. The number of rotatable bonds is 9. The van der Waals surface area contributed by atoms with Crippen molar-refractivity contribution in [2.45, 2.75) is 44.3 Å². The van der Waals surface area contributed by atoms with Gasteiger partial charge in [-0.3, -0.25) is 14.4 Å². The predicted molar refractivity (Wildman–Crippen MR) is 139 cm³/mol. The minimum absolute atomic E-state index is 0.115. The van der Waals surface area contributed by atoms with Gasteiger partial charge in [-0.25, -0.2) is 0 Å². The second-order valence-electron chi connectivity index (χ2n) is 9.91. The summed E-state index contributed by atoms with van der Waals surface area (Å²) in [6.45, 7) is -0.115. The van der Waals surface area contributed by atoms with E-state index in [9.17, 15) is 32.8 Å². The molecule has 4 N–H and O–H groups in total. The largest absolute Gasteiger partial charge is 0.389 e. The van der Waals surface area contributed by atoms with Crippen molar-refractivity contribution in [3.05, 3.63) is 53.1 Å². The molecule has 0 bridgehead atoms. The smallest absolute Gasteiger partial charge is 0.369 e. The van der Waals surface area contributed by atoms with Crippen molar-refractivity contribution in [2.24, 2.45) is 23.5 Å². The molecule has 0 aromatic heterocycles. The maximum absolute atomic E-state index is 13.5. The summed E-state index contributed by atoms with van der Waals surface area (Å²) in [5.74, 6) is -4.66. The van der Waals surface area contributed by atoms with Gasteiger partial charge in [0.1, 0.15) is 6.04 Å². The number of fused-ring (bicyclic) bond motifs is 1. The third-order valence-corrected chi connectivity index (χ3v) is 7.34. The number of alkyl halides is 3. The van der Waals surface area contributed by atoms with Crippen LogP contribution in [0.1, 0.15) is 37.7 Å². The van der Waals surface area contributed by atoms with E-state index in [-0.39, 0.29) is 29.6 Å². The van der Waals surface area contributed by atoms with E-state index < -0.39 is 54.6 Å². The lowest BCUT2D eigenvalue weighted by Gasteiger charge is -2.29. The molecule has 206 valence electrons. The number of halogens is 4. The van der Waals surface area contributed by atoms with Gasteiger partial charge in [-0.15, -0.1) is 0 Å². The molecule has 2 aromatic carbocycles. The SMILES string of the molecule is N#Cc1cccc(N2CC(NC(=O)C(CCC(F)(F)F)C(CC3CC3)C(N)=O)C(=O)Nc3c(Cl)cccc32)c1. The van der Waals surface area contributed by atoms with Gasteiger partial charge in [0, 0.05) is 23.9 Å². The predicted octanol–water partition coefficient (Wildman–Crippen LogP) is 4.65. The Morgan fingerprint density at radius 3 is 2.56 bits per heavy atom. The third kappa shape index (κ3) is 7.00. The Balaban J connectivity index is 1.65. The Bertz CT molecular complexity index is 1310. The summed E-state index contributed by atoms with van der Waals surface area (Å²) in [4.78, 5) is 40.7. The van der Waals surface area contributed by atoms with E-state index in [0.717, 1.165) is 12.8 Å². The molecule has 0 spiro atoms. The van der Waals surface area contributed by atoms with Crippen molar-refractivity contribution in [3.63, 3.8) is 0 Å². The van der Waals surface area contributed by atoms with E-state index in [4.69, 9.17) is 17.3 Å². The highest BCUT2D eigenvalue weighted by molar-refractivity contribution is 6.34. The van der Waals surface area contributed by atoms with Crippen LogP contribution < -0.4 is 21.3 Å². The summed E-state index contributed by atoms with van der Waals surface area (Å²) in [5, 5.41) is 14.9. The van der Waals surface area contributed by atoms with Gasteiger partial charge in [0.15, 0.2) is 0 Å². The molecule has 39 heavy (non-hydrogen) atoms. The summed E-state index contributed by atoms with van der Waals surface area (Å²) < 4.78 is 39.4. The highest BCUT2D eigenvalue weighted by atomic mass is 35.5. The molecule has 2 aromatic rings. The van der Waals surface area contributed by atoms with Gasteiger partial charge in [0.05, 0.1) is 34.6 Å². The maximum Gasteiger partial charge on any atom is 0.389 e. The van der Waals surface area contributed by atoms with Crippen LogP contribution in [0.4, 0.5) is 30.2 Å². The van der Waals surface area contributed by atoms with Crippen LogP contribution in [0.2, 0.25) is 5.02 Å². The molecule has 0 saturated heterocycles. The number of nitriles is 1. The van der Waals surface area contributed by atoms with Crippen molar-refractivity contribution < 1.29 is 27.6 Å². The minimum atomic E-state index is -4.54. The molecule has 2 aliphatic rings. The first-order chi connectivity index (χ1) is 18.5. The second-order valence-corrected chi connectivity index (χ2v) is 10.3. The summed E-state index contributed by atoms with van der Waals surface area (Å²) in [6.07, 6.45) is -4.60. The third-order valence-electron chi connectivity index (χ3n) is 7.03. The molecular weight excluding hydrogens is 535 g/mol. The Morgan fingerprint density at radius 1 is 1.21 bits per heavy atom. The molecule has 1 aliphatic heterocycles. The molecule has 1 fully saturated rings. The van der Waals surface area contributed by atoms with Gasteiger partial charge in [-0.1, -0.05) is 36.6 Å². The summed E-state index contributed by atoms with van der Waals surface area (Å²) in [6, 6.07) is 12.4. The van der Waals surface area contributed by atoms with Crippen LogP contribution in [0, 0.1) is 29.1 Å². The molecule has 12 heteroatoms. The molecule has 8 nitrogen and oxygen atoms in total. The molecule has 3 unspecified atom stereocenters. The molecule has 1 saturated carbocycles. The molecule has 0 radical (unpaired) electrons. The van der Waals surface area contributed by atoms with Crippen molar-refractivity contribution in [3.8, 4) is 6.07 Å². The number of primary amides is 1. The standard InChI is InChI=1S/C27H27ClF3N5O3/c28-20-5-2-6-22-23(20)35-26(39)21(14-36(22)17-4-1-3-16(11-17)13-32)34-25(38)18(9-10-27(29,30)31)19(24(33)37)12-15-7-8-15/h1-6,11,15,18-19,21H,7-10,12,14H2,(H2,33,37)(H,34,38)(H,35,39). The number of benzene rings is 2. The van der Waals surface area contributed by atoms with Gasteiger partial charge >= 0.3 is 6.18 Å². The van der Waals surface area contributed by atoms with Crippen LogP contribution in [-0.2, 0) is 14.4 Å². The summed E-state index contributed by atoms with van der Waals surface area (Å²) in [5.41, 5.74) is 7.22. The van der Waals surface area contributed by atoms with Gasteiger partial charge < -0.3 is 21.3 Å². The topological polar surface area (TPSA) is 128 Å². The van der Waals surface area contributed by atoms with Crippen molar-refractivity contribution in [1.29, 1.82) is 5.26 Å². The quantitative estimate of drug-likeness (QED) is 0.411. The number of nitrogens with zero attached hydrogens (tertiary/aromatic N) is 2. The van der Waals surface area contributed by atoms with Gasteiger partial charge in [-0.05, 0) is 49.1 Å². The monoisotopic (exact) mass is 561 g/mol. The normalized spacial score (nSPS) is 18.7. The number of hydrogen-bond acceptors (Lipinski definition) is 5. The molecule has 1 aliphatic carbocycles. The number of hydrogen-bond donors (Lipinski definition) is 3. The highest BCUT2D eigenvalue weighted by Crippen LogP contribution is 2.41. The van der Waals surface area contributed by atoms with Crippen LogP contribution in [0.15, 0.2) is 42.5 Å². The van der Waals surface area contributed by atoms with Crippen LogP contribution in [0.25, 0.3) is 0 Å². The first-order valence-corrected chi connectivity index (χ1v) is 12.9. The molecule has 3 amide bonds. The lowest BCUT2D eigenvalue weighted by atomic mass is 9.83. The second kappa shape index (κ2) is 11.5. The number of amides is 3. The van der Waals surface area contributed by atoms with E-state index in [2.05, 4.69) is 16.7 Å². The highest BCUT2D eigenvalue weighted by Gasteiger charge is 2.41. The van der Waals surface area contributed by atoms with E-state index in [0.29, 0.717) is 16.9 Å². The van der Waals surface area contributed by atoms with Gasteiger partial charge in [-0.2, -0.15) is 18.4 Å². The van der Waals surface area contributed by atoms with Crippen molar-refractivity contribution >= 4 is 46.4 Å². The van der Waals surface area contributed by atoms with Crippen LogP contribution >= 0.6 is 11.6 Å². The van der Waals surface area contributed by atoms with E-state index in [1.54, 1.807) is 47.4 Å². The van der Waals surface area contributed by atoms with Crippen molar-refractivity contribution in [2.75, 3.05) is 16.8 Å². The van der Waals surface area contributed by atoms with Crippen LogP contribution in [0.5, 0.6) is 0 Å². The zero-order valence-electron chi connectivity index (χ0n) is 20.8. The first kappa shape index (κ1) is 28.2. The zero-order valence-corrected chi connectivity index (χ0v) is 21.6. The first-order valence-electron chi connectivity index (χ1n) is 12.5.